The van der Waals surface area contributed by atoms with E-state index >= 15 is 0 Å². The van der Waals surface area contributed by atoms with E-state index < -0.39 is 0 Å². The number of carbonyl (C=O) groups is 3. The van der Waals surface area contributed by atoms with Crippen molar-refractivity contribution < 1.29 is 19.1 Å². The number of carbonyl (C=O) groups excluding carboxylic acids is 3. The predicted molar refractivity (Wildman–Crippen MR) is 118 cm³/mol. The molecule has 0 saturated heterocycles. The zero-order valence-corrected chi connectivity index (χ0v) is 17.1. The molecule has 0 aliphatic heterocycles. The number of hydrogen-bond donors (Lipinski definition) is 2. The van der Waals surface area contributed by atoms with Crippen molar-refractivity contribution in [3.05, 3.63) is 84.2 Å². The normalized spacial score (nSPS) is 10.2. The lowest BCUT2D eigenvalue weighted by molar-refractivity contribution is -0.116. The molecule has 7 nitrogen and oxygen atoms in total. The van der Waals surface area contributed by atoms with E-state index in [9.17, 15) is 14.4 Å². The first-order valence-electron chi connectivity index (χ1n) is 9.86. The Morgan fingerprint density at radius 3 is 2.42 bits per heavy atom. The van der Waals surface area contributed by atoms with Gasteiger partial charge in [-0.25, -0.2) is 0 Å². The Morgan fingerprint density at radius 1 is 0.903 bits per heavy atom. The van der Waals surface area contributed by atoms with Gasteiger partial charge in [-0.05, 0) is 61.9 Å². The lowest BCUT2D eigenvalue weighted by Gasteiger charge is -2.09. The van der Waals surface area contributed by atoms with E-state index in [4.69, 9.17) is 4.74 Å². The monoisotopic (exact) mass is 417 g/mol. The minimum absolute atomic E-state index is 0.0228. The molecule has 31 heavy (non-hydrogen) atoms. The highest BCUT2D eigenvalue weighted by atomic mass is 16.5. The summed E-state index contributed by atoms with van der Waals surface area (Å²) >= 11 is 0. The predicted octanol–water partition coefficient (Wildman–Crippen LogP) is 4.33. The number of rotatable bonds is 9. The Morgan fingerprint density at radius 2 is 1.71 bits per heavy atom. The Kier molecular flexibility index (Phi) is 7.48. The third-order valence-corrected chi connectivity index (χ3v) is 4.41. The van der Waals surface area contributed by atoms with Crippen LogP contribution in [-0.2, 0) is 4.79 Å². The second-order valence-corrected chi connectivity index (χ2v) is 6.86. The summed E-state index contributed by atoms with van der Waals surface area (Å²) in [7, 11) is 0. The number of ether oxygens (including phenoxy) is 1. The summed E-state index contributed by atoms with van der Waals surface area (Å²) in [5.41, 5.74) is 2.29. The highest BCUT2D eigenvalue weighted by molar-refractivity contribution is 6.04. The standard InChI is InChI=1S/C24H23N3O4/c1-17(28)19-5-2-7-22(15-19)31-14-4-8-23(29)26-20-11-9-18(10-12-20)24(30)27-21-6-3-13-25-16-21/h2-3,5-7,9-13,15-16H,4,8,14H2,1H3,(H,26,29)(H,27,30). The lowest BCUT2D eigenvalue weighted by atomic mass is 10.1. The van der Waals surface area contributed by atoms with Crippen molar-refractivity contribution in [2.24, 2.45) is 0 Å². The number of nitrogens with one attached hydrogen (secondary N) is 2. The van der Waals surface area contributed by atoms with E-state index in [1.807, 2.05) is 0 Å². The van der Waals surface area contributed by atoms with E-state index in [0.717, 1.165) is 0 Å². The minimum atomic E-state index is -0.253. The minimum Gasteiger partial charge on any atom is -0.494 e. The molecule has 0 radical (unpaired) electrons. The zero-order chi connectivity index (χ0) is 22.1. The molecule has 0 bridgehead atoms. The first kappa shape index (κ1) is 21.7. The maximum absolute atomic E-state index is 12.2. The first-order chi connectivity index (χ1) is 15.0. The van der Waals surface area contributed by atoms with Gasteiger partial charge < -0.3 is 15.4 Å². The quantitative estimate of drug-likeness (QED) is 0.399. The number of amides is 2. The molecular weight excluding hydrogens is 394 g/mol. The van der Waals surface area contributed by atoms with Crippen molar-refractivity contribution in [2.45, 2.75) is 19.8 Å². The molecular formula is C24H23N3O4. The fourth-order valence-electron chi connectivity index (χ4n) is 2.80. The number of benzene rings is 2. The second kappa shape index (κ2) is 10.7. The zero-order valence-electron chi connectivity index (χ0n) is 17.1. The topological polar surface area (TPSA) is 97.4 Å². The Labute approximate surface area is 180 Å². The number of Topliss-reactive ketones (excluding diaryl/α,β-unsaturated/α-hetero) is 1. The van der Waals surface area contributed by atoms with Crippen LogP contribution < -0.4 is 15.4 Å². The van der Waals surface area contributed by atoms with Crippen molar-refractivity contribution in [1.82, 2.24) is 4.98 Å². The molecule has 0 unspecified atom stereocenters. The first-order valence-corrected chi connectivity index (χ1v) is 9.86. The number of pyridine rings is 1. The molecule has 0 aliphatic rings. The molecule has 7 heteroatoms. The van der Waals surface area contributed by atoms with Crippen LogP contribution in [0.1, 0.15) is 40.5 Å². The van der Waals surface area contributed by atoms with Gasteiger partial charge in [0, 0.05) is 29.4 Å². The Bertz CT molecular complexity index is 1050. The smallest absolute Gasteiger partial charge is 0.255 e. The molecule has 1 heterocycles. The van der Waals surface area contributed by atoms with Gasteiger partial charge in [-0.15, -0.1) is 0 Å². The van der Waals surface area contributed by atoms with Gasteiger partial charge in [0.15, 0.2) is 5.78 Å². The van der Waals surface area contributed by atoms with E-state index in [-0.39, 0.29) is 24.0 Å². The van der Waals surface area contributed by atoms with Crippen LogP contribution in [0.2, 0.25) is 0 Å². The van der Waals surface area contributed by atoms with E-state index in [1.165, 1.54) is 6.92 Å². The molecule has 158 valence electrons. The van der Waals surface area contributed by atoms with Gasteiger partial charge in [0.2, 0.25) is 5.91 Å². The molecule has 0 spiro atoms. The number of ketones is 1. The van der Waals surface area contributed by atoms with Crippen LogP contribution in [-0.4, -0.2) is 29.2 Å². The fraction of sp³-hybridized carbons (Fsp3) is 0.167. The third-order valence-electron chi connectivity index (χ3n) is 4.41. The Balaban J connectivity index is 1.41. The number of anilines is 2. The van der Waals surface area contributed by atoms with Crippen molar-refractivity contribution >= 4 is 29.0 Å². The summed E-state index contributed by atoms with van der Waals surface area (Å²) in [6.07, 6.45) is 4.01. The van der Waals surface area contributed by atoms with E-state index in [1.54, 1.807) is 73.1 Å². The molecule has 0 fully saturated rings. The summed E-state index contributed by atoms with van der Waals surface area (Å²) in [6.45, 7) is 1.87. The van der Waals surface area contributed by atoms with E-state index in [2.05, 4.69) is 15.6 Å². The second-order valence-electron chi connectivity index (χ2n) is 6.86. The fourth-order valence-corrected chi connectivity index (χ4v) is 2.80. The lowest BCUT2D eigenvalue weighted by Crippen LogP contribution is -2.14. The maximum atomic E-state index is 12.2. The van der Waals surface area contributed by atoms with Gasteiger partial charge in [-0.1, -0.05) is 12.1 Å². The number of aromatic nitrogens is 1. The third kappa shape index (κ3) is 6.78. The van der Waals surface area contributed by atoms with Gasteiger partial charge >= 0.3 is 0 Å². The van der Waals surface area contributed by atoms with Gasteiger partial charge in [0.05, 0.1) is 18.5 Å². The SMILES string of the molecule is CC(=O)c1cccc(OCCCC(=O)Nc2ccc(C(=O)Nc3cccnc3)cc2)c1. The average molecular weight is 417 g/mol. The van der Waals surface area contributed by atoms with Crippen LogP contribution in [0.4, 0.5) is 11.4 Å². The highest BCUT2D eigenvalue weighted by Gasteiger charge is 2.08. The molecule has 2 aromatic carbocycles. The number of hydrogen-bond acceptors (Lipinski definition) is 5. The average Bonchev–Trinajstić information content (AvgIpc) is 2.78. The van der Waals surface area contributed by atoms with Gasteiger partial charge in [0.1, 0.15) is 5.75 Å². The summed E-state index contributed by atoms with van der Waals surface area (Å²) in [5, 5.41) is 5.55. The van der Waals surface area contributed by atoms with Crippen LogP contribution >= 0.6 is 0 Å². The summed E-state index contributed by atoms with van der Waals surface area (Å²) in [5.74, 6) is 0.184. The van der Waals surface area contributed by atoms with Crippen molar-refractivity contribution in [3.63, 3.8) is 0 Å². The molecule has 2 N–H and O–H groups in total. The Hall–Kier alpha value is -4.00. The molecule has 0 aliphatic carbocycles. The van der Waals surface area contributed by atoms with Gasteiger partial charge in [-0.3, -0.25) is 19.4 Å². The molecule has 1 aromatic heterocycles. The van der Waals surface area contributed by atoms with Crippen molar-refractivity contribution in [3.8, 4) is 5.75 Å². The molecule has 3 rings (SSSR count). The highest BCUT2D eigenvalue weighted by Crippen LogP contribution is 2.15. The van der Waals surface area contributed by atoms with Gasteiger partial charge in [-0.2, -0.15) is 0 Å². The number of nitrogens with zero attached hydrogens (tertiary/aromatic N) is 1. The van der Waals surface area contributed by atoms with E-state index in [0.29, 0.717) is 41.3 Å². The van der Waals surface area contributed by atoms with Gasteiger partial charge in [0.25, 0.3) is 5.91 Å². The molecule has 0 atom stereocenters. The summed E-state index contributed by atoms with van der Waals surface area (Å²) in [6, 6.07) is 17.1. The molecule has 3 aromatic rings. The van der Waals surface area contributed by atoms with Crippen molar-refractivity contribution in [2.75, 3.05) is 17.2 Å². The molecule has 2 amide bonds. The van der Waals surface area contributed by atoms with Crippen LogP contribution in [0.3, 0.4) is 0 Å². The van der Waals surface area contributed by atoms with Crippen LogP contribution in [0.5, 0.6) is 5.75 Å². The van der Waals surface area contributed by atoms with Crippen LogP contribution in [0.15, 0.2) is 73.1 Å². The largest absolute Gasteiger partial charge is 0.494 e. The van der Waals surface area contributed by atoms with Crippen molar-refractivity contribution in [1.29, 1.82) is 0 Å². The van der Waals surface area contributed by atoms with Crippen LogP contribution in [0.25, 0.3) is 0 Å². The van der Waals surface area contributed by atoms with Crippen LogP contribution in [0, 0.1) is 0 Å². The molecule has 0 saturated carbocycles. The summed E-state index contributed by atoms with van der Waals surface area (Å²) < 4.78 is 5.61. The maximum Gasteiger partial charge on any atom is 0.255 e. The summed E-state index contributed by atoms with van der Waals surface area (Å²) in [4.78, 5) is 39.7.